The van der Waals surface area contributed by atoms with E-state index in [2.05, 4.69) is 5.32 Å². The molecule has 0 saturated carbocycles. The summed E-state index contributed by atoms with van der Waals surface area (Å²) in [7, 11) is -2.78. The van der Waals surface area contributed by atoms with Gasteiger partial charge in [0.1, 0.15) is 5.75 Å². The highest BCUT2D eigenvalue weighted by molar-refractivity contribution is 7.91. The Morgan fingerprint density at radius 3 is 2.47 bits per heavy atom. The zero-order chi connectivity index (χ0) is 14.0. The normalized spacial score (nSPS) is 21.7. The second-order valence-electron chi connectivity index (χ2n) is 5.48. The van der Waals surface area contributed by atoms with Gasteiger partial charge in [-0.25, -0.2) is 8.42 Å². The summed E-state index contributed by atoms with van der Waals surface area (Å²) >= 11 is 0. The number of aryl methyl sites for hydroxylation is 2. The molecular formula is C14H21NO3S. The molecule has 0 radical (unpaired) electrons. The number of benzene rings is 1. The standard InChI is InChI=1S/C14H21NO3S/c1-10-5-13(6-11(2)14(10)16)8-15-7-12-3-4-19(17,18)9-12/h5-6,12,15-16H,3-4,7-9H2,1-2H3. The summed E-state index contributed by atoms with van der Waals surface area (Å²) in [5.74, 6) is 1.24. The molecule has 1 unspecified atom stereocenters. The van der Waals surface area contributed by atoms with E-state index in [1.165, 1.54) is 0 Å². The van der Waals surface area contributed by atoms with Crippen molar-refractivity contribution in [2.24, 2.45) is 5.92 Å². The average molecular weight is 283 g/mol. The lowest BCUT2D eigenvalue weighted by Gasteiger charge is -2.11. The van der Waals surface area contributed by atoms with Crippen LogP contribution >= 0.6 is 0 Å². The quantitative estimate of drug-likeness (QED) is 0.879. The molecule has 1 aromatic rings. The smallest absolute Gasteiger partial charge is 0.150 e. The van der Waals surface area contributed by atoms with Gasteiger partial charge in [0, 0.05) is 6.54 Å². The molecule has 19 heavy (non-hydrogen) atoms. The van der Waals surface area contributed by atoms with Gasteiger partial charge >= 0.3 is 0 Å². The summed E-state index contributed by atoms with van der Waals surface area (Å²) in [6.07, 6.45) is 0.767. The predicted molar refractivity (Wildman–Crippen MR) is 76.0 cm³/mol. The van der Waals surface area contributed by atoms with Crippen molar-refractivity contribution < 1.29 is 13.5 Å². The Kier molecular flexibility index (Phi) is 4.16. The lowest BCUT2D eigenvalue weighted by molar-refractivity contribution is 0.466. The van der Waals surface area contributed by atoms with Crippen LogP contribution in [0, 0.1) is 19.8 Å². The highest BCUT2D eigenvalue weighted by atomic mass is 32.2. The van der Waals surface area contributed by atoms with Crippen LogP contribution in [0.1, 0.15) is 23.1 Å². The first-order valence-electron chi connectivity index (χ1n) is 6.57. The maximum absolute atomic E-state index is 11.3. The third-order valence-electron chi connectivity index (χ3n) is 3.64. The van der Waals surface area contributed by atoms with Crippen LogP contribution in [0.4, 0.5) is 0 Å². The lowest BCUT2D eigenvalue weighted by Crippen LogP contribution is -2.23. The van der Waals surface area contributed by atoms with Crippen molar-refractivity contribution >= 4 is 9.84 Å². The van der Waals surface area contributed by atoms with Gasteiger partial charge in [0.05, 0.1) is 11.5 Å². The van der Waals surface area contributed by atoms with Gasteiger partial charge in [-0.2, -0.15) is 0 Å². The fourth-order valence-corrected chi connectivity index (χ4v) is 4.46. The SMILES string of the molecule is Cc1cc(CNCC2CCS(=O)(=O)C2)cc(C)c1O. The molecule has 0 amide bonds. The second-order valence-corrected chi connectivity index (χ2v) is 7.71. The number of phenols is 1. The summed E-state index contributed by atoms with van der Waals surface area (Å²) in [5.41, 5.74) is 2.87. The van der Waals surface area contributed by atoms with Crippen molar-refractivity contribution in [3.63, 3.8) is 0 Å². The molecule has 2 rings (SSSR count). The van der Waals surface area contributed by atoms with Crippen LogP contribution in [0.3, 0.4) is 0 Å². The summed E-state index contributed by atoms with van der Waals surface area (Å²) in [6.45, 7) is 5.21. The molecule has 1 fully saturated rings. The lowest BCUT2D eigenvalue weighted by atomic mass is 10.1. The second kappa shape index (κ2) is 5.51. The van der Waals surface area contributed by atoms with E-state index in [0.717, 1.165) is 29.7 Å². The highest BCUT2D eigenvalue weighted by Gasteiger charge is 2.27. The van der Waals surface area contributed by atoms with Gasteiger partial charge in [-0.3, -0.25) is 0 Å². The molecule has 1 aliphatic rings. The first kappa shape index (κ1) is 14.3. The number of aromatic hydroxyl groups is 1. The number of nitrogens with one attached hydrogen (secondary N) is 1. The van der Waals surface area contributed by atoms with Crippen LogP contribution in [0.2, 0.25) is 0 Å². The van der Waals surface area contributed by atoms with Crippen LogP contribution in [0.25, 0.3) is 0 Å². The van der Waals surface area contributed by atoms with Crippen LogP contribution in [-0.4, -0.2) is 31.6 Å². The Hall–Kier alpha value is -1.07. The molecule has 1 heterocycles. The zero-order valence-electron chi connectivity index (χ0n) is 11.4. The maximum Gasteiger partial charge on any atom is 0.150 e. The van der Waals surface area contributed by atoms with Crippen LogP contribution < -0.4 is 5.32 Å². The van der Waals surface area contributed by atoms with E-state index in [9.17, 15) is 13.5 Å². The minimum atomic E-state index is -2.78. The summed E-state index contributed by atoms with van der Waals surface area (Å²) in [5, 5.41) is 13.0. The minimum Gasteiger partial charge on any atom is -0.507 e. The number of hydrogen-bond acceptors (Lipinski definition) is 4. The molecular weight excluding hydrogens is 262 g/mol. The van der Waals surface area contributed by atoms with Gasteiger partial charge in [0.15, 0.2) is 9.84 Å². The molecule has 1 aliphatic heterocycles. The molecule has 1 saturated heterocycles. The average Bonchev–Trinajstić information content (AvgIpc) is 2.66. The van der Waals surface area contributed by atoms with Crippen LogP contribution in [0.15, 0.2) is 12.1 Å². The fourth-order valence-electron chi connectivity index (χ4n) is 2.60. The van der Waals surface area contributed by atoms with E-state index in [1.807, 2.05) is 26.0 Å². The zero-order valence-corrected chi connectivity index (χ0v) is 12.3. The van der Waals surface area contributed by atoms with E-state index in [1.54, 1.807) is 0 Å². The first-order valence-corrected chi connectivity index (χ1v) is 8.40. The van der Waals surface area contributed by atoms with Gasteiger partial charge in [0.2, 0.25) is 0 Å². The summed E-state index contributed by atoms with van der Waals surface area (Å²) in [6, 6.07) is 3.92. The van der Waals surface area contributed by atoms with E-state index in [0.29, 0.717) is 23.8 Å². The monoisotopic (exact) mass is 283 g/mol. The molecule has 0 aromatic heterocycles. The molecule has 5 heteroatoms. The Morgan fingerprint density at radius 2 is 1.95 bits per heavy atom. The van der Waals surface area contributed by atoms with Gasteiger partial charge in [-0.1, -0.05) is 12.1 Å². The number of rotatable bonds is 4. The molecule has 1 aromatic carbocycles. The van der Waals surface area contributed by atoms with Crippen LogP contribution in [-0.2, 0) is 16.4 Å². The Balaban J connectivity index is 1.87. The third-order valence-corrected chi connectivity index (χ3v) is 5.48. The number of phenolic OH excluding ortho intramolecular Hbond substituents is 1. The third kappa shape index (κ3) is 3.70. The van der Waals surface area contributed by atoms with Gasteiger partial charge in [0.25, 0.3) is 0 Å². The Labute approximate surface area is 114 Å². The van der Waals surface area contributed by atoms with Crippen molar-refractivity contribution in [2.75, 3.05) is 18.1 Å². The summed E-state index contributed by atoms with van der Waals surface area (Å²) in [4.78, 5) is 0. The van der Waals surface area contributed by atoms with Crippen molar-refractivity contribution in [3.05, 3.63) is 28.8 Å². The molecule has 0 aliphatic carbocycles. The largest absolute Gasteiger partial charge is 0.507 e. The van der Waals surface area contributed by atoms with Gasteiger partial charge < -0.3 is 10.4 Å². The van der Waals surface area contributed by atoms with E-state index in [-0.39, 0.29) is 5.92 Å². The first-order chi connectivity index (χ1) is 8.87. The molecule has 1 atom stereocenters. The molecule has 0 bridgehead atoms. The topological polar surface area (TPSA) is 66.4 Å². The predicted octanol–water partition coefficient (Wildman–Crippen LogP) is 1.53. The van der Waals surface area contributed by atoms with Crippen molar-refractivity contribution in [1.29, 1.82) is 0 Å². The number of sulfone groups is 1. The van der Waals surface area contributed by atoms with Crippen molar-refractivity contribution in [1.82, 2.24) is 5.32 Å². The van der Waals surface area contributed by atoms with E-state index < -0.39 is 9.84 Å². The van der Waals surface area contributed by atoms with Gasteiger partial charge in [-0.15, -0.1) is 0 Å². The Morgan fingerprint density at radius 1 is 1.32 bits per heavy atom. The number of hydrogen-bond donors (Lipinski definition) is 2. The van der Waals surface area contributed by atoms with Crippen LogP contribution in [0.5, 0.6) is 5.75 Å². The Bertz CT molecular complexity index is 543. The molecule has 106 valence electrons. The molecule has 4 nitrogen and oxygen atoms in total. The molecule has 0 spiro atoms. The fraction of sp³-hybridized carbons (Fsp3) is 0.571. The van der Waals surface area contributed by atoms with Crippen molar-refractivity contribution in [3.8, 4) is 5.75 Å². The van der Waals surface area contributed by atoms with E-state index in [4.69, 9.17) is 0 Å². The van der Waals surface area contributed by atoms with E-state index >= 15 is 0 Å². The maximum atomic E-state index is 11.3. The highest BCUT2D eigenvalue weighted by Crippen LogP contribution is 2.23. The minimum absolute atomic E-state index is 0.240. The van der Waals surface area contributed by atoms with Crippen molar-refractivity contribution in [2.45, 2.75) is 26.8 Å². The molecule has 2 N–H and O–H groups in total. The van der Waals surface area contributed by atoms with Gasteiger partial charge in [-0.05, 0) is 49.4 Å². The summed E-state index contributed by atoms with van der Waals surface area (Å²) < 4.78 is 22.7.